The van der Waals surface area contributed by atoms with Crippen molar-refractivity contribution in [1.82, 2.24) is 4.90 Å². The van der Waals surface area contributed by atoms with E-state index in [1.54, 1.807) is 0 Å². The lowest BCUT2D eigenvalue weighted by Crippen LogP contribution is -2.40. The lowest BCUT2D eigenvalue weighted by Gasteiger charge is -2.34. The Morgan fingerprint density at radius 3 is 2.62 bits per heavy atom. The highest BCUT2D eigenvalue weighted by Crippen LogP contribution is 2.38. The molecule has 4 nitrogen and oxygen atoms in total. The number of morpholine rings is 1. The van der Waals surface area contributed by atoms with Gasteiger partial charge in [0.2, 0.25) is 0 Å². The molecule has 2 unspecified atom stereocenters. The van der Waals surface area contributed by atoms with Crippen LogP contribution in [0.25, 0.3) is 0 Å². The molecule has 2 aliphatic heterocycles. The molecule has 2 heterocycles. The monoisotopic (exact) mass is 353 g/mol. The van der Waals surface area contributed by atoms with E-state index in [0.29, 0.717) is 6.42 Å². The van der Waals surface area contributed by atoms with Gasteiger partial charge in [-0.1, -0.05) is 36.4 Å². The molecule has 1 N–H and O–H groups in total. The Kier molecular flexibility index (Phi) is 4.98. The molecule has 4 heteroatoms. The topological polar surface area (TPSA) is 41.9 Å². The highest BCUT2D eigenvalue weighted by atomic mass is 16.5. The fourth-order valence-electron chi connectivity index (χ4n) is 3.99. The summed E-state index contributed by atoms with van der Waals surface area (Å²) in [6.45, 7) is 6.34. The number of nitrogens with zero attached hydrogens (tertiary/aromatic N) is 1. The second-order valence-electron chi connectivity index (χ2n) is 7.39. The number of ether oxygens (including phenoxy) is 2. The molecule has 26 heavy (non-hydrogen) atoms. The van der Waals surface area contributed by atoms with Crippen LogP contribution in [0.5, 0.6) is 5.75 Å². The van der Waals surface area contributed by atoms with Crippen molar-refractivity contribution in [3.8, 4) is 5.75 Å². The third kappa shape index (κ3) is 3.50. The molecule has 2 aromatic rings. The maximum Gasteiger partial charge on any atom is 0.123 e. The normalized spacial score (nSPS) is 22.5. The van der Waals surface area contributed by atoms with E-state index in [1.807, 2.05) is 42.5 Å². The number of aliphatic hydroxyl groups is 1. The Bertz CT molecular complexity index is 742. The summed E-state index contributed by atoms with van der Waals surface area (Å²) in [5.41, 5.74) is 2.09. The fraction of sp³-hybridized carbons (Fsp3) is 0.455. The van der Waals surface area contributed by atoms with Crippen molar-refractivity contribution in [1.29, 1.82) is 0 Å². The van der Waals surface area contributed by atoms with Crippen LogP contribution in [-0.4, -0.2) is 49.0 Å². The summed E-state index contributed by atoms with van der Waals surface area (Å²) < 4.78 is 11.3. The Morgan fingerprint density at radius 1 is 1.08 bits per heavy atom. The summed E-state index contributed by atoms with van der Waals surface area (Å²) in [7, 11) is 0. The van der Waals surface area contributed by atoms with E-state index in [-0.39, 0.29) is 6.10 Å². The van der Waals surface area contributed by atoms with Crippen LogP contribution in [0.3, 0.4) is 0 Å². The molecule has 0 radical (unpaired) electrons. The maximum absolute atomic E-state index is 11.8. The zero-order chi connectivity index (χ0) is 18.0. The van der Waals surface area contributed by atoms with Gasteiger partial charge in [0.05, 0.1) is 13.2 Å². The largest absolute Gasteiger partial charge is 0.490 e. The molecule has 0 aliphatic carbocycles. The first-order valence-corrected chi connectivity index (χ1v) is 9.53. The van der Waals surface area contributed by atoms with Gasteiger partial charge in [-0.15, -0.1) is 0 Å². The van der Waals surface area contributed by atoms with E-state index in [0.717, 1.165) is 56.1 Å². The van der Waals surface area contributed by atoms with Crippen LogP contribution in [0.4, 0.5) is 0 Å². The summed E-state index contributed by atoms with van der Waals surface area (Å²) in [4.78, 5) is 2.37. The lowest BCUT2D eigenvalue weighted by atomic mass is 9.82. The molecule has 2 aliphatic rings. The van der Waals surface area contributed by atoms with Gasteiger partial charge in [0, 0.05) is 26.1 Å². The van der Waals surface area contributed by atoms with Gasteiger partial charge in [-0.2, -0.15) is 0 Å². The predicted octanol–water partition coefficient (Wildman–Crippen LogP) is 2.97. The van der Waals surface area contributed by atoms with Crippen LogP contribution in [0.15, 0.2) is 48.5 Å². The highest BCUT2D eigenvalue weighted by Gasteiger charge is 2.33. The van der Waals surface area contributed by atoms with E-state index in [1.165, 1.54) is 5.56 Å². The van der Waals surface area contributed by atoms with Gasteiger partial charge >= 0.3 is 0 Å². The van der Waals surface area contributed by atoms with E-state index in [4.69, 9.17) is 9.47 Å². The Labute approximate surface area is 155 Å². The molecular weight excluding hydrogens is 326 g/mol. The molecule has 2 aromatic carbocycles. The van der Waals surface area contributed by atoms with Crippen molar-refractivity contribution in [2.24, 2.45) is 0 Å². The third-order valence-electron chi connectivity index (χ3n) is 5.52. The van der Waals surface area contributed by atoms with Crippen molar-refractivity contribution >= 4 is 0 Å². The Balaban J connectivity index is 1.63. The number of benzene rings is 2. The maximum atomic E-state index is 11.8. The zero-order valence-electron chi connectivity index (χ0n) is 15.4. The average molecular weight is 353 g/mol. The Morgan fingerprint density at radius 2 is 1.85 bits per heavy atom. The van der Waals surface area contributed by atoms with Crippen LogP contribution in [0, 0.1) is 0 Å². The first kappa shape index (κ1) is 17.5. The summed E-state index contributed by atoms with van der Waals surface area (Å²) in [6.07, 6.45) is 1.77. The molecule has 0 saturated carbocycles. The summed E-state index contributed by atoms with van der Waals surface area (Å²) in [6, 6.07) is 16.2. The summed E-state index contributed by atoms with van der Waals surface area (Å²) in [5, 5.41) is 11.8. The van der Waals surface area contributed by atoms with Crippen LogP contribution in [-0.2, 0) is 16.8 Å². The second-order valence-corrected chi connectivity index (χ2v) is 7.39. The molecular formula is C22H27NO3. The lowest BCUT2D eigenvalue weighted by molar-refractivity contribution is 0.0143. The van der Waals surface area contributed by atoms with Crippen LogP contribution < -0.4 is 4.74 Å². The van der Waals surface area contributed by atoms with Gasteiger partial charge in [-0.25, -0.2) is 0 Å². The predicted molar refractivity (Wildman–Crippen MR) is 102 cm³/mol. The minimum absolute atomic E-state index is 0.207. The fourth-order valence-corrected chi connectivity index (χ4v) is 3.99. The van der Waals surface area contributed by atoms with Crippen molar-refractivity contribution in [3.05, 3.63) is 65.2 Å². The minimum atomic E-state index is -1.000. The quantitative estimate of drug-likeness (QED) is 0.897. The Hall–Kier alpha value is -1.88. The molecule has 1 saturated heterocycles. The number of rotatable bonds is 5. The number of fused-ring (bicyclic) bond motifs is 1. The van der Waals surface area contributed by atoms with Crippen LogP contribution in [0.1, 0.15) is 30.0 Å². The second kappa shape index (κ2) is 7.39. The zero-order valence-corrected chi connectivity index (χ0v) is 15.4. The first-order valence-electron chi connectivity index (χ1n) is 9.53. The van der Waals surface area contributed by atoms with Crippen molar-refractivity contribution in [3.63, 3.8) is 0 Å². The average Bonchev–Trinajstić information content (AvgIpc) is 3.07. The number of hydrogen-bond acceptors (Lipinski definition) is 4. The van der Waals surface area contributed by atoms with Gasteiger partial charge in [-0.05, 0) is 42.2 Å². The molecule has 2 atom stereocenters. The van der Waals surface area contributed by atoms with E-state index >= 15 is 0 Å². The van der Waals surface area contributed by atoms with Gasteiger partial charge in [-0.3, -0.25) is 4.90 Å². The van der Waals surface area contributed by atoms with E-state index < -0.39 is 5.60 Å². The first-order chi connectivity index (χ1) is 12.6. The van der Waals surface area contributed by atoms with Gasteiger partial charge in [0.15, 0.2) is 0 Å². The van der Waals surface area contributed by atoms with Crippen LogP contribution >= 0.6 is 0 Å². The standard InChI is InChI=1S/C22H27NO3/c1-17-15-18-16-20(7-8-21(18)26-17)22(24,19-5-3-2-4-6-19)9-10-23-11-13-25-14-12-23/h2-8,16-17,24H,9-15H2,1H3. The molecule has 0 amide bonds. The smallest absolute Gasteiger partial charge is 0.123 e. The minimum Gasteiger partial charge on any atom is -0.490 e. The molecule has 0 aromatic heterocycles. The van der Waals surface area contributed by atoms with Gasteiger partial charge in [0.1, 0.15) is 17.5 Å². The SMILES string of the molecule is CC1Cc2cc(C(O)(CCN3CCOCC3)c3ccccc3)ccc2O1. The van der Waals surface area contributed by atoms with E-state index in [9.17, 15) is 5.11 Å². The van der Waals surface area contributed by atoms with Gasteiger partial charge in [0.25, 0.3) is 0 Å². The van der Waals surface area contributed by atoms with Gasteiger partial charge < -0.3 is 14.6 Å². The molecule has 0 bridgehead atoms. The summed E-state index contributed by atoms with van der Waals surface area (Å²) >= 11 is 0. The number of hydrogen-bond donors (Lipinski definition) is 1. The van der Waals surface area contributed by atoms with Crippen molar-refractivity contribution < 1.29 is 14.6 Å². The third-order valence-corrected chi connectivity index (χ3v) is 5.52. The highest BCUT2D eigenvalue weighted by molar-refractivity contribution is 5.45. The molecule has 138 valence electrons. The van der Waals surface area contributed by atoms with Crippen molar-refractivity contribution in [2.45, 2.75) is 31.5 Å². The van der Waals surface area contributed by atoms with E-state index in [2.05, 4.69) is 17.9 Å². The summed E-state index contributed by atoms with van der Waals surface area (Å²) in [5.74, 6) is 0.949. The molecule has 0 spiro atoms. The molecule has 4 rings (SSSR count). The molecule has 1 fully saturated rings. The van der Waals surface area contributed by atoms with Crippen molar-refractivity contribution in [2.75, 3.05) is 32.8 Å². The van der Waals surface area contributed by atoms with Crippen LogP contribution in [0.2, 0.25) is 0 Å².